The number of ketones is 1. The molecule has 3 aromatic carbocycles. The fraction of sp³-hybridized carbons (Fsp3) is 0.167. The lowest BCUT2D eigenvalue weighted by Gasteiger charge is -2.18. The third-order valence-corrected chi connectivity index (χ3v) is 4.48. The molecule has 0 saturated heterocycles. The molecule has 1 N–H and O–H groups in total. The molecule has 3 aromatic rings. The normalized spacial score (nSPS) is 11.5. The van der Waals surface area contributed by atoms with Gasteiger partial charge in [0.25, 0.3) is 5.91 Å². The van der Waals surface area contributed by atoms with Gasteiger partial charge in [-0.3, -0.25) is 9.59 Å². The largest absolute Gasteiger partial charge is 0.481 e. The fourth-order valence-corrected chi connectivity index (χ4v) is 2.85. The molecular formula is C24H23NO3. The van der Waals surface area contributed by atoms with Gasteiger partial charge in [-0.15, -0.1) is 0 Å². The van der Waals surface area contributed by atoms with Crippen molar-refractivity contribution in [2.75, 3.05) is 5.32 Å². The predicted molar refractivity (Wildman–Crippen MR) is 111 cm³/mol. The topological polar surface area (TPSA) is 55.4 Å². The first-order valence-electron chi connectivity index (χ1n) is 9.19. The zero-order valence-electron chi connectivity index (χ0n) is 16.2. The highest BCUT2D eigenvalue weighted by Crippen LogP contribution is 2.22. The summed E-state index contributed by atoms with van der Waals surface area (Å²) in [6, 6.07) is 21.9. The van der Waals surface area contributed by atoms with E-state index in [9.17, 15) is 9.59 Å². The first kappa shape index (κ1) is 19.4. The van der Waals surface area contributed by atoms with Crippen molar-refractivity contribution in [2.45, 2.75) is 26.9 Å². The molecule has 142 valence electrons. The van der Waals surface area contributed by atoms with E-state index in [4.69, 9.17) is 4.74 Å². The summed E-state index contributed by atoms with van der Waals surface area (Å²) in [4.78, 5) is 25.5. The van der Waals surface area contributed by atoms with E-state index in [1.165, 1.54) is 0 Å². The minimum absolute atomic E-state index is 0.139. The van der Waals surface area contributed by atoms with Gasteiger partial charge in [0.2, 0.25) is 0 Å². The summed E-state index contributed by atoms with van der Waals surface area (Å²) in [6.07, 6.45) is -0.708. The lowest BCUT2D eigenvalue weighted by molar-refractivity contribution is -0.122. The maximum atomic E-state index is 12.8. The fourth-order valence-electron chi connectivity index (χ4n) is 2.85. The summed E-state index contributed by atoms with van der Waals surface area (Å²) in [5.74, 6) is 0.227. The van der Waals surface area contributed by atoms with Crippen molar-refractivity contribution in [3.05, 3.63) is 95.1 Å². The molecule has 0 aliphatic rings. The maximum Gasteiger partial charge on any atom is 0.265 e. The zero-order chi connectivity index (χ0) is 20.1. The lowest BCUT2D eigenvalue weighted by atomic mass is 10.0. The molecule has 0 spiro atoms. The summed E-state index contributed by atoms with van der Waals surface area (Å²) in [5, 5.41) is 2.83. The van der Waals surface area contributed by atoms with Crippen molar-refractivity contribution in [3.8, 4) is 5.75 Å². The van der Waals surface area contributed by atoms with Crippen molar-refractivity contribution >= 4 is 17.4 Å². The number of para-hydroxylation sites is 1. The summed E-state index contributed by atoms with van der Waals surface area (Å²) in [5.41, 5.74) is 3.51. The van der Waals surface area contributed by atoms with E-state index in [1.807, 2.05) is 50.2 Å². The first-order valence-corrected chi connectivity index (χ1v) is 9.19. The van der Waals surface area contributed by atoms with Gasteiger partial charge in [-0.25, -0.2) is 0 Å². The molecule has 1 atom stereocenters. The molecule has 4 nitrogen and oxygen atoms in total. The van der Waals surface area contributed by atoms with Gasteiger partial charge in [0, 0.05) is 11.1 Å². The van der Waals surface area contributed by atoms with Crippen molar-refractivity contribution in [1.29, 1.82) is 0 Å². The van der Waals surface area contributed by atoms with Gasteiger partial charge in [0.1, 0.15) is 5.75 Å². The van der Waals surface area contributed by atoms with Gasteiger partial charge >= 0.3 is 0 Å². The van der Waals surface area contributed by atoms with E-state index in [0.717, 1.165) is 11.1 Å². The van der Waals surface area contributed by atoms with Crippen LogP contribution in [0.4, 0.5) is 5.69 Å². The monoisotopic (exact) mass is 373 g/mol. The van der Waals surface area contributed by atoms with Gasteiger partial charge in [0.15, 0.2) is 11.9 Å². The molecule has 0 fully saturated rings. The number of anilines is 1. The Morgan fingerprint density at radius 3 is 2.32 bits per heavy atom. The maximum absolute atomic E-state index is 12.8. The van der Waals surface area contributed by atoms with Crippen molar-refractivity contribution < 1.29 is 14.3 Å². The Balaban J connectivity index is 1.77. The lowest BCUT2D eigenvalue weighted by Crippen LogP contribution is -2.31. The first-order chi connectivity index (χ1) is 13.5. The molecular weight excluding hydrogens is 350 g/mol. The molecule has 0 bridgehead atoms. The van der Waals surface area contributed by atoms with Crippen LogP contribution in [0, 0.1) is 13.8 Å². The number of aryl methyl sites for hydroxylation is 2. The number of benzene rings is 3. The van der Waals surface area contributed by atoms with Crippen LogP contribution in [0.1, 0.15) is 34.0 Å². The second kappa shape index (κ2) is 8.53. The quantitative estimate of drug-likeness (QED) is 0.623. The molecule has 0 heterocycles. The Bertz CT molecular complexity index is 996. The predicted octanol–water partition coefficient (Wildman–Crippen LogP) is 4.94. The number of carbonyl (C=O) groups is 2. The minimum Gasteiger partial charge on any atom is -0.481 e. The number of hydrogen-bond donors (Lipinski definition) is 1. The van der Waals surface area contributed by atoms with E-state index in [1.54, 1.807) is 43.3 Å². The number of hydrogen-bond acceptors (Lipinski definition) is 3. The molecule has 28 heavy (non-hydrogen) atoms. The highest BCUT2D eigenvalue weighted by Gasteiger charge is 2.19. The van der Waals surface area contributed by atoms with Crippen molar-refractivity contribution in [2.24, 2.45) is 0 Å². The van der Waals surface area contributed by atoms with Crippen LogP contribution in [-0.4, -0.2) is 17.8 Å². The molecule has 0 aliphatic heterocycles. The van der Waals surface area contributed by atoms with E-state index >= 15 is 0 Å². The van der Waals surface area contributed by atoms with Crippen LogP contribution in [0.15, 0.2) is 72.8 Å². The van der Waals surface area contributed by atoms with E-state index in [-0.39, 0.29) is 11.7 Å². The second-order valence-corrected chi connectivity index (χ2v) is 6.76. The van der Waals surface area contributed by atoms with Gasteiger partial charge in [-0.1, -0.05) is 54.6 Å². The Morgan fingerprint density at radius 1 is 0.893 bits per heavy atom. The van der Waals surface area contributed by atoms with Crippen LogP contribution in [0.3, 0.4) is 0 Å². The Labute approximate surface area is 165 Å². The smallest absolute Gasteiger partial charge is 0.265 e. The van der Waals surface area contributed by atoms with E-state index in [0.29, 0.717) is 22.6 Å². The summed E-state index contributed by atoms with van der Waals surface area (Å²) in [7, 11) is 0. The van der Waals surface area contributed by atoms with E-state index < -0.39 is 6.10 Å². The molecule has 4 heteroatoms. The SMILES string of the molecule is Cc1ccc(C)c(O[C@H](C)C(=O)Nc2ccccc2C(=O)c2ccccc2)c1. The average Bonchev–Trinajstić information content (AvgIpc) is 2.71. The summed E-state index contributed by atoms with van der Waals surface area (Å²) in [6.45, 7) is 5.61. The Kier molecular flexibility index (Phi) is 5.90. The summed E-state index contributed by atoms with van der Waals surface area (Å²) < 4.78 is 5.85. The third-order valence-electron chi connectivity index (χ3n) is 4.48. The standard InChI is InChI=1S/C24H23NO3/c1-16-13-14-17(2)22(15-16)28-18(3)24(27)25-21-12-8-7-11-20(21)23(26)19-9-5-4-6-10-19/h4-15,18H,1-3H3,(H,25,27)/t18-/m1/s1. The van der Waals surface area contributed by atoms with Crippen LogP contribution >= 0.6 is 0 Å². The molecule has 1 amide bonds. The van der Waals surface area contributed by atoms with Gasteiger partial charge in [0.05, 0.1) is 5.69 Å². The average molecular weight is 373 g/mol. The molecule has 0 aromatic heterocycles. The van der Waals surface area contributed by atoms with Gasteiger partial charge in [-0.2, -0.15) is 0 Å². The zero-order valence-corrected chi connectivity index (χ0v) is 16.2. The van der Waals surface area contributed by atoms with E-state index in [2.05, 4.69) is 5.32 Å². The Hall–Kier alpha value is -3.40. The minimum atomic E-state index is -0.708. The van der Waals surface area contributed by atoms with Crippen LogP contribution in [0.2, 0.25) is 0 Å². The van der Waals surface area contributed by atoms with Crippen LogP contribution in [0.5, 0.6) is 5.75 Å². The highest BCUT2D eigenvalue weighted by atomic mass is 16.5. The number of nitrogens with one attached hydrogen (secondary N) is 1. The Morgan fingerprint density at radius 2 is 1.57 bits per heavy atom. The highest BCUT2D eigenvalue weighted by molar-refractivity contribution is 6.14. The third kappa shape index (κ3) is 4.46. The number of carbonyl (C=O) groups excluding carboxylic acids is 2. The molecule has 0 aliphatic carbocycles. The number of rotatable bonds is 6. The van der Waals surface area contributed by atoms with Crippen molar-refractivity contribution in [1.82, 2.24) is 0 Å². The molecule has 3 rings (SSSR count). The molecule has 0 saturated carbocycles. The van der Waals surface area contributed by atoms with Gasteiger partial charge < -0.3 is 10.1 Å². The van der Waals surface area contributed by atoms with Crippen LogP contribution < -0.4 is 10.1 Å². The number of amides is 1. The second-order valence-electron chi connectivity index (χ2n) is 6.76. The summed E-state index contributed by atoms with van der Waals surface area (Å²) >= 11 is 0. The molecule has 0 unspecified atom stereocenters. The van der Waals surface area contributed by atoms with Gasteiger partial charge in [-0.05, 0) is 50.1 Å². The number of ether oxygens (including phenoxy) is 1. The molecule has 0 radical (unpaired) electrons. The van der Waals surface area contributed by atoms with Crippen LogP contribution in [0.25, 0.3) is 0 Å². The van der Waals surface area contributed by atoms with Crippen LogP contribution in [-0.2, 0) is 4.79 Å². The van der Waals surface area contributed by atoms with Crippen molar-refractivity contribution in [3.63, 3.8) is 0 Å².